The van der Waals surface area contributed by atoms with Crippen LogP contribution in [-0.2, 0) is 0 Å². The molecule has 0 unspecified atom stereocenters. The summed E-state index contributed by atoms with van der Waals surface area (Å²) in [4.78, 5) is 27.0. The molecule has 0 aliphatic rings. The van der Waals surface area contributed by atoms with Crippen LogP contribution in [0, 0.1) is 5.82 Å². The normalized spacial score (nSPS) is 10.0. The minimum atomic E-state index is -0.667. The number of alkyl halides is 1. The van der Waals surface area contributed by atoms with Crippen molar-refractivity contribution in [2.45, 2.75) is 0 Å². The van der Waals surface area contributed by atoms with Crippen LogP contribution < -0.4 is 20.7 Å². The summed E-state index contributed by atoms with van der Waals surface area (Å²) in [5, 5.41) is 7.28. The third-order valence-corrected chi connectivity index (χ3v) is 3.18. The molecule has 0 saturated carbocycles. The molecule has 0 spiro atoms. The van der Waals surface area contributed by atoms with E-state index in [1.54, 1.807) is 0 Å². The first-order valence-electron chi connectivity index (χ1n) is 7.30. The highest BCUT2D eigenvalue weighted by atomic mass is 35.5. The Bertz CT molecular complexity index is 773. The second kappa shape index (κ2) is 8.84. The molecule has 0 bridgehead atoms. The SMILES string of the molecule is CNC(=O)c1cc(Oc2ccc(NC(=O)NCCCl)c(F)c2)ccn1. The third-order valence-electron chi connectivity index (χ3n) is 3.00. The Kier molecular flexibility index (Phi) is 6.53. The van der Waals surface area contributed by atoms with E-state index in [0.717, 1.165) is 6.07 Å². The molecule has 0 atom stereocenters. The van der Waals surface area contributed by atoms with Gasteiger partial charge >= 0.3 is 6.03 Å². The number of anilines is 1. The second-order valence-electron chi connectivity index (χ2n) is 4.77. The Morgan fingerprint density at radius 1 is 1.24 bits per heavy atom. The van der Waals surface area contributed by atoms with Gasteiger partial charge in [-0.1, -0.05) is 0 Å². The Labute approximate surface area is 148 Å². The Hall–Kier alpha value is -2.87. The van der Waals surface area contributed by atoms with Crippen LogP contribution in [0.1, 0.15) is 10.5 Å². The highest BCUT2D eigenvalue weighted by molar-refractivity contribution is 6.18. The lowest BCUT2D eigenvalue weighted by molar-refractivity contribution is 0.0958. The molecule has 2 aromatic rings. The van der Waals surface area contributed by atoms with Gasteiger partial charge in [-0.25, -0.2) is 9.18 Å². The molecule has 0 aliphatic heterocycles. The molecule has 1 heterocycles. The average molecular weight is 367 g/mol. The summed E-state index contributed by atoms with van der Waals surface area (Å²) in [5.41, 5.74) is 0.176. The van der Waals surface area contributed by atoms with E-state index in [9.17, 15) is 14.0 Å². The first kappa shape index (κ1) is 18.5. The summed E-state index contributed by atoms with van der Waals surface area (Å²) in [7, 11) is 1.49. The van der Waals surface area contributed by atoms with Gasteiger partial charge in [-0.2, -0.15) is 0 Å². The number of benzene rings is 1. The molecule has 7 nitrogen and oxygen atoms in total. The molecule has 9 heteroatoms. The standard InChI is InChI=1S/C16H16ClFN4O3/c1-19-15(23)14-9-11(4-6-20-14)25-10-2-3-13(12(18)8-10)22-16(24)21-7-5-17/h2-4,6,8-9H,5,7H2,1H3,(H,19,23)(H2,21,22,24). The number of hydrogen-bond acceptors (Lipinski definition) is 4. The number of amides is 3. The fourth-order valence-corrected chi connectivity index (χ4v) is 1.95. The van der Waals surface area contributed by atoms with E-state index in [2.05, 4.69) is 20.9 Å². The van der Waals surface area contributed by atoms with E-state index >= 15 is 0 Å². The van der Waals surface area contributed by atoms with Crippen molar-refractivity contribution < 1.29 is 18.7 Å². The number of aromatic nitrogens is 1. The number of pyridine rings is 1. The van der Waals surface area contributed by atoms with Gasteiger partial charge < -0.3 is 20.7 Å². The number of halogens is 2. The van der Waals surface area contributed by atoms with Gasteiger partial charge in [0.05, 0.1) is 5.69 Å². The number of nitrogens with one attached hydrogen (secondary N) is 3. The summed E-state index contributed by atoms with van der Waals surface area (Å²) in [6, 6.07) is 6.39. The molecule has 1 aromatic heterocycles. The van der Waals surface area contributed by atoms with Crippen LogP contribution in [0.5, 0.6) is 11.5 Å². The Morgan fingerprint density at radius 2 is 2.00 bits per heavy atom. The fraction of sp³-hybridized carbons (Fsp3) is 0.188. The van der Waals surface area contributed by atoms with E-state index in [1.165, 1.54) is 37.5 Å². The molecule has 0 radical (unpaired) electrons. The first-order chi connectivity index (χ1) is 12.0. The maximum absolute atomic E-state index is 14.1. The second-order valence-corrected chi connectivity index (χ2v) is 5.15. The number of carbonyl (C=O) groups excluding carboxylic acids is 2. The lowest BCUT2D eigenvalue weighted by Crippen LogP contribution is -2.30. The zero-order valence-corrected chi connectivity index (χ0v) is 14.1. The Morgan fingerprint density at radius 3 is 2.68 bits per heavy atom. The van der Waals surface area contributed by atoms with Gasteiger partial charge in [0.25, 0.3) is 5.91 Å². The van der Waals surface area contributed by atoms with Gasteiger partial charge in [-0.15, -0.1) is 11.6 Å². The van der Waals surface area contributed by atoms with Gasteiger partial charge in [0.15, 0.2) is 0 Å². The van der Waals surface area contributed by atoms with Crippen LogP contribution in [0.3, 0.4) is 0 Å². The predicted octanol–water partition coefficient (Wildman–Crippen LogP) is 2.73. The molecular formula is C16H16ClFN4O3. The zero-order chi connectivity index (χ0) is 18.2. The van der Waals surface area contributed by atoms with Gasteiger partial charge in [-0.05, 0) is 18.2 Å². The number of urea groups is 1. The summed E-state index contributed by atoms with van der Waals surface area (Å²) in [6.07, 6.45) is 1.41. The van der Waals surface area contributed by atoms with Crippen LogP contribution in [0.4, 0.5) is 14.9 Å². The van der Waals surface area contributed by atoms with Crippen molar-refractivity contribution in [1.82, 2.24) is 15.6 Å². The van der Waals surface area contributed by atoms with Gasteiger partial charge in [-0.3, -0.25) is 9.78 Å². The van der Waals surface area contributed by atoms with Crippen molar-refractivity contribution in [3.63, 3.8) is 0 Å². The molecule has 0 fully saturated rings. The van der Waals surface area contributed by atoms with E-state index in [-0.39, 0.29) is 35.5 Å². The first-order valence-corrected chi connectivity index (χ1v) is 7.83. The van der Waals surface area contributed by atoms with Gasteiger partial charge in [0, 0.05) is 37.8 Å². The van der Waals surface area contributed by atoms with Crippen molar-refractivity contribution in [3.8, 4) is 11.5 Å². The minimum Gasteiger partial charge on any atom is -0.457 e. The zero-order valence-electron chi connectivity index (χ0n) is 13.3. The van der Waals surface area contributed by atoms with Gasteiger partial charge in [0.1, 0.15) is 23.0 Å². The van der Waals surface area contributed by atoms with Gasteiger partial charge in [0.2, 0.25) is 0 Å². The molecule has 0 saturated heterocycles. The average Bonchev–Trinajstić information content (AvgIpc) is 2.61. The van der Waals surface area contributed by atoms with Crippen LogP contribution >= 0.6 is 11.6 Å². The molecule has 2 rings (SSSR count). The highest BCUT2D eigenvalue weighted by Crippen LogP contribution is 2.25. The lowest BCUT2D eigenvalue weighted by atomic mass is 10.2. The van der Waals surface area contributed by atoms with Crippen molar-refractivity contribution in [3.05, 3.63) is 48.0 Å². The maximum Gasteiger partial charge on any atom is 0.319 e. The molecule has 132 valence electrons. The molecule has 1 aromatic carbocycles. The summed E-state index contributed by atoms with van der Waals surface area (Å²) in [5.74, 6) is -0.239. The quantitative estimate of drug-likeness (QED) is 0.685. The van der Waals surface area contributed by atoms with Crippen LogP contribution in [0.15, 0.2) is 36.5 Å². The lowest BCUT2D eigenvalue weighted by Gasteiger charge is -2.10. The van der Waals surface area contributed by atoms with E-state index in [4.69, 9.17) is 16.3 Å². The molecule has 3 N–H and O–H groups in total. The monoisotopic (exact) mass is 366 g/mol. The minimum absolute atomic E-state index is 0.000186. The number of carbonyl (C=O) groups is 2. The molecule has 0 aliphatic carbocycles. The topological polar surface area (TPSA) is 92.4 Å². The summed E-state index contributed by atoms with van der Waals surface area (Å²) in [6.45, 7) is 0.270. The van der Waals surface area contributed by atoms with E-state index < -0.39 is 11.8 Å². The summed E-state index contributed by atoms with van der Waals surface area (Å²) < 4.78 is 19.6. The van der Waals surface area contributed by atoms with Crippen molar-refractivity contribution in [2.24, 2.45) is 0 Å². The van der Waals surface area contributed by atoms with Crippen molar-refractivity contribution in [2.75, 3.05) is 24.8 Å². The summed E-state index contributed by atoms with van der Waals surface area (Å²) >= 11 is 5.45. The number of ether oxygens (including phenoxy) is 1. The van der Waals surface area contributed by atoms with Crippen LogP contribution in [-0.4, -0.2) is 36.4 Å². The molecular weight excluding hydrogens is 351 g/mol. The van der Waals surface area contributed by atoms with E-state index in [0.29, 0.717) is 5.75 Å². The Balaban J connectivity index is 2.08. The largest absolute Gasteiger partial charge is 0.457 e. The van der Waals surface area contributed by atoms with E-state index in [1.807, 2.05) is 0 Å². The maximum atomic E-state index is 14.1. The number of rotatable bonds is 6. The van der Waals surface area contributed by atoms with Crippen LogP contribution in [0.2, 0.25) is 0 Å². The number of nitrogens with zero attached hydrogens (tertiary/aromatic N) is 1. The van der Waals surface area contributed by atoms with Crippen molar-refractivity contribution >= 4 is 29.2 Å². The van der Waals surface area contributed by atoms with Crippen LogP contribution in [0.25, 0.3) is 0 Å². The highest BCUT2D eigenvalue weighted by Gasteiger charge is 2.10. The predicted molar refractivity (Wildman–Crippen MR) is 91.8 cm³/mol. The number of hydrogen-bond donors (Lipinski definition) is 3. The smallest absolute Gasteiger partial charge is 0.319 e. The molecule has 3 amide bonds. The molecule has 25 heavy (non-hydrogen) atoms. The fourth-order valence-electron chi connectivity index (χ4n) is 1.85. The van der Waals surface area contributed by atoms with Crippen molar-refractivity contribution in [1.29, 1.82) is 0 Å². The third kappa shape index (κ3) is 5.32.